The monoisotopic (exact) mass is 266 g/mol. The first kappa shape index (κ1) is 15.5. The van der Waals surface area contributed by atoms with Gasteiger partial charge in [0.15, 0.2) is 0 Å². The van der Waals surface area contributed by atoms with Crippen LogP contribution in [0.15, 0.2) is 29.2 Å². The molecule has 3 heteroatoms. The van der Waals surface area contributed by atoms with Crippen molar-refractivity contribution in [3.8, 4) is 0 Å². The van der Waals surface area contributed by atoms with Gasteiger partial charge < -0.3 is 10.6 Å². The quantitative estimate of drug-likeness (QED) is 0.741. The van der Waals surface area contributed by atoms with Crippen LogP contribution in [0.25, 0.3) is 0 Å². The summed E-state index contributed by atoms with van der Waals surface area (Å²) >= 11 is 1.91. The van der Waals surface area contributed by atoms with E-state index in [0.29, 0.717) is 5.25 Å². The molecule has 2 N–H and O–H groups in total. The van der Waals surface area contributed by atoms with Gasteiger partial charge >= 0.3 is 0 Å². The molecule has 0 spiro atoms. The third kappa shape index (κ3) is 5.89. The molecule has 0 aromatic heterocycles. The van der Waals surface area contributed by atoms with Crippen LogP contribution in [0.5, 0.6) is 0 Å². The van der Waals surface area contributed by atoms with Gasteiger partial charge in [-0.2, -0.15) is 0 Å². The summed E-state index contributed by atoms with van der Waals surface area (Å²) in [4.78, 5) is 1.35. The molecule has 1 aromatic carbocycles. The van der Waals surface area contributed by atoms with Gasteiger partial charge in [-0.3, -0.25) is 0 Å². The smallest absolute Gasteiger partial charge is 0.0246 e. The zero-order valence-electron chi connectivity index (χ0n) is 12.2. The van der Waals surface area contributed by atoms with Crippen LogP contribution in [0.2, 0.25) is 0 Å². The summed E-state index contributed by atoms with van der Waals surface area (Å²) in [6.07, 6.45) is 0. The zero-order chi connectivity index (χ0) is 13.6. The Kier molecular flexibility index (Phi) is 6.19. The van der Waals surface area contributed by atoms with E-state index >= 15 is 0 Å². The average molecular weight is 266 g/mol. The molecule has 0 bridgehead atoms. The third-order valence-electron chi connectivity index (χ3n) is 2.87. The predicted octanol–water partition coefficient (Wildman–Crippen LogP) is 3.27. The maximum Gasteiger partial charge on any atom is 0.0246 e. The summed E-state index contributed by atoms with van der Waals surface area (Å²) in [6.45, 7) is 10.7. The van der Waals surface area contributed by atoms with Gasteiger partial charge in [-0.05, 0) is 38.6 Å². The molecular weight excluding hydrogens is 240 g/mol. The molecule has 0 aliphatic heterocycles. The molecule has 0 aliphatic rings. The molecule has 102 valence electrons. The largest absolute Gasteiger partial charge is 0.314 e. The van der Waals surface area contributed by atoms with Crippen molar-refractivity contribution < 1.29 is 0 Å². The molecule has 0 saturated heterocycles. The molecule has 0 atom stereocenters. The minimum Gasteiger partial charge on any atom is -0.314 e. The number of benzene rings is 1. The fourth-order valence-electron chi connectivity index (χ4n) is 1.57. The van der Waals surface area contributed by atoms with E-state index in [2.05, 4.69) is 62.6 Å². The highest BCUT2D eigenvalue weighted by Gasteiger charge is 2.13. The molecule has 0 aliphatic carbocycles. The van der Waals surface area contributed by atoms with Crippen molar-refractivity contribution in [1.29, 1.82) is 0 Å². The molecule has 2 nitrogen and oxygen atoms in total. The van der Waals surface area contributed by atoms with Crippen LogP contribution in [-0.2, 0) is 6.54 Å². The molecule has 1 aromatic rings. The van der Waals surface area contributed by atoms with Gasteiger partial charge in [0, 0.05) is 28.8 Å². The zero-order valence-corrected chi connectivity index (χ0v) is 13.0. The fourth-order valence-corrected chi connectivity index (χ4v) is 2.40. The molecular formula is C15H26N2S. The number of rotatable bonds is 7. The lowest BCUT2D eigenvalue weighted by Crippen LogP contribution is -2.45. The van der Waals surface area contributed by atoms with Gasteiger partial charge in [0.05, 0.1) is 0 Å². The average Bonchev–Trinajstić information content (AvgIpc) is 2.30. The van der Waals surface area contributed by atoms with Gasteiger partial charge in [0.25, 0.3) is 0 Å². The van der Waals surface area contributed by atoms with Gasteiger partial charge in [-0.15, -0.1) is 11.8 Å². The van der Waals surface area contributed by atoms with Crippen LogP contribution < -0.4 is 10.6 Å². The van der Waals surface area contributed by atoms with Gasteiger partial charge in [-0.1, -0.05) is 26.0 Å². The van der Waals surface area contributed by atoms with Gasteiger partial charge in [-0.25, -0.2) is 0 Å². The predicted molar refractivity (Wildman–Crippen MR) is 82.3 cm³/mol. The van der Waals surface area contributed by atoms with Crippen LogP contribution in [-0.4, -0.2) is 24.4 Å². The van der Waals surface area contributed by atoms with E-state index in [1.807, 2.05) is 18.8 Å². The Labute approximate surface area is 116 Å². The second-order valence-corrected chi connectivity index (χ2v) is 7.20. The summed E-state index contributed by atoms with van der Waals surface area (Å²) in [5.74, 6) is 0. The molecule has 18 heavy (non-hydrogen) atoms. The topological polar surface area (TPSA) is 24.1 Å². The van der Waals surface area contributed by atoms with Crippen molar-refractivity contribution in [3.05, 3.63) is 29.8 Å². The van der Waals surface area contributed by atoms with E-state index in [0.717, 1.165) is 13.1 Å². The third-order valence-corrected chi connectivity index (χ3v) is 3.88. The lowest BCUT2D eigenvalue weighted by atomic mass is 10.1. The molecule has 0 unspecified atom stereocenters. The molecule has 1 rings (SSSR count). The first-order valence-corrected chi connectivity index (χ1v) is 7.46. The van der Waals surface area contributed by atoms with Crippen molar-refractivity contribution in [2.75, 3.05) is 13.6 Å². The molecule has 0 amide bonds. The maximum atomic E-state index is 3.48. The van der Waals surface area contributed by atoms with Crippen LogP contribution in [0.4, 0.5) is 0 Å². The summed E-state index contributed by atoms with van der Waals surface area (Å²) in [5.41, 5.74) is 1.49. The number of hydrogen-bond acceptors (Lipinski definition) is 3. The van der Waals surface area contributed by atoms with Crippen molar-refractivity contribution in [3.63, 3.8) is 0 Å². The standard InChI is InChI=1S/C15H26N2S/c1-12(2)18-14-8-6-13(7-9-14)10-17-11-15(3,4)16-5/h6-9,12,16-17H,10-11H2,1-5H3. The summed E-state index contributed by atoms with van der Waals surface area (Å²) in [5, 5.41) is 7.42. The van der Waals surface area contributed by atoms with E-state index < -0.39 is 0 Å². The van der Waals surface area contributed by atoms with Crippen LogP contribution in [0.1, 0.15) is 33.3 Å². The Morgan fingerprint density at radius 3 is 2.28 bits per heavy atom. The first-order valence-electron chi connectivity index (χ1n) is 6.58. The minimum atomic E-state index is 0.146. The minimum absolute atomic E-state index is 0.146. The van der Waals surface area contributed by atoms with Crippen LogP contribution >= 0.6 is 11.8 Å². The maximum absolute atomic E-state index is 3.48. The van der Waals surface area contributed by atoms with E-state index in [-0.39, 0.29) is 5.54 Å². The van der Waals surface area contributed by atoms with Crippen LogP contribution in [0, 0.1) is 0 Å². The Hall–Kier alpha value is -0.510. The molecule has 0 radical (unpaired) electrons. The number of hydrogen-bond donors (Lipinski definition) is 2. The summed E-state index contributed by atoms with van der Waals surface area (Å²) in [7, 11) is 2.00. The van der Waals surface area contributed by atoms with Gasteiger partial charge in [0.2, 0.25) is 0 Å². The Morgan fingerprint density at radius 2 is 1.78 bits per heavy atom. The Balaban J connectivity index is 2.40. The Morgan fingerprint density at radius 1 is 1.17 bits per heavy atom. The van der Waals surface area contributed by atoms with E-state index in [1.54, 1.807) is 0 Å². The SMILES string of the molecule is CNC(C)(C)CNCc1ccc(SC(C)C)cc1. The van der Waals surface area contributed by atoms with Crippen molar-refractivity contribution in [2.24, 2.45) is 0 Å². The highest BCUT2D eigenvalue weighted by molar-refractivity contribution is 7.99. The van der Waals surface area contributed by atoms with E-state index in [9.17, 15) is 0 Å². The normalized spacial score (nSPS) is 12.1. The molecule has 0 fully saturated rings. The van der Waals surface area contributed by atoms with Gasteiger partial charge in [0.1, 0.15) is 0 Å². The van der Waals surface area contributed by atoms with Crippen molar-refractivity contribution >= 4 is 11.8 Å². The molecule has 0 saturated carbocycles. The highest BCUT2D eigenvalue weighted by Crippen LogP contribution is 2.22. The number of nitrogens with one attached hydrogen (secondary N) is 2. The number of likely N-dealkylation sites (N-methyl/N-ethyl adjacent to an activating group) is 1. The number of thioether (sulfide) groups is 1. The first-order chi connectivity index (χ1) is 8.43. The van der Waals surface area contributed by atoms with Crippen LogP contribution in [0.3, 0.4) is 0 Å². The van der Waals surface area contributed by atoms with E-state index in [4.69, 9.17) is 0 Å². The fraction of sp³-hybridized carbons (Fsp3) is 0.600. The molecule has 0 heterocycles. The summed E-state index contributed by atoms with van der Waals surface area (Å²) in [6, 6.07) is 8.85. The van der Waals surface area contributed by atoms with Crippen molar-refractivity contribution in [2.45, 2.75) is 49.9 Å². The second kappa shape index (κ2) is 7.17. The summed E-state index contributed by atoms with van der Waals surface area (Å²) < 4.78 is 0. The highest BCUT2D eigenvalue weighted by atomic mass is 32.2. The van der Waals surface area contributed by atoms with E-state index in [1.165, 1.54) is 10.5 Å². The van der Waals surface area contributed by atoms with Crippen molar-refractivity contribution in [1.82, 2.24) is 10.6 Å². The second-order valence-electron chi connectivity index (χ2n) is 5.55. The lowest BCUT2D eigenvalue weighted by molar-refractivity contribution is 0.393. The lowest BCUT2D eigenvalue weighted by Gasteiger charge is -2.24. The Bertz CT molecular complexity index is 344.